The summed E-state index contributed by atoms with van der Waals surface area (Å²) in [4.78, 5) is 117. The SMILES string of the molecule is C.C.C=C(C)C(=O)OC1(C)CCCC1.C=C(C)C(=O)OC12CC3CC(CC(O)(C3)C1)C2.C=C(C)C(=O)OCCOC(=O)CCC(=O)OC1C2CC3C1OS(=O)(=O)C3C2.CCC(C)(C)C(=O)OC1(C)CCCC1.CCC(C)(C)C(=O)OC12CC3CC(CC(O)(C3)C1)C2.CCC(C)(C)C(=O)OCCOC(=O)CCC(=O)OC1C2CC3C1OS(=O)(=O)C3C2. The van der Waals surface area contributed by atoms with Gasteiger partial charge >= 0.3 is 59.7 Å². The number of ether oxygens (including phenoxy) is 10. The van der Waals surface area contributed by atoms with E-state index in [1.165, 1.54) is 45.4 Å². The summed E-state index contributed by atoms with van der Waals surface area (Å²) in [6.45, 7) is 36.5. The number of carbonyl (C=O) groups is 10. The van der Waals surface area contributed by atoms with Crippen molar-refractivity contribution in [3.8, 4) is 0 Å². The number of hydrogen-bond acceptors (Lipinski definition) is 28. The van der Waals surface area contributed by atoms with Crippen LogP contribution in [0.5, 0.6) is 0 Å². The second-order valence-electron chi connectivity index (χ2n) is 39.3. The zero-order chi connectivity index (χ0) is 87.3. The predicted molar refractivity (Wildman–Crippen MR) is 443 cm³/mol. The van der Waals surface area contributed by atoms with E-state index in [1.807, 2.05) is 55.4 Å². The molecule has 0 aromatic carbocycles. The third-order valence-corrected chi connectivity index (χ3v) is 31.1. The number of carbonyl (C=O) groups excluding carboxylic acids is 10. The fraction of sp³-hybridized carbons (Fsp3) is 0.822. The van der Waals surface area contributed by atoms with Gasteiger partial charge in [0.25, 0.3) is 20.2 Å². The number of esters is 10. The normalized spacial score (nSPS) is 33.0. The number of aliphatic hydroxyl groups is 2. The van der Waals surface area contributed by atoms with Gasteiger partial charge in [-0.05, 0) is 260 Å². The molecule has 0 amide bonds. The fourth-order valence-corrected chi connectivity index (χ4v) is 24.4. The molecule has 2 aliphatic heterocycles. The molecule has 2 N–H and O–H groups in total. The van der Waals surface area contributed by atoms with Crippen LogP contribution < -0.4 is 0 Å². The lowest BCUT2D eigenvalue weighted by atomic mass is 9.52. The molecule has 2 saturated heterocycles. The molecule has 14 atom stereocenters. The predicted octanol–water partition coefficient (Wildman–Crippen LogP) is 14.1. The molecular weight excluding hydrogens is 1590 g/mol. The molecule has 0 radical (unpaired) electrons. The molecule has 14 aliphatic carbocycles. The lowest BCUT2D eigenvalue weighted by Gasteiger charge is -2.59. The molecule has 28 nitrogen and oxygen atoms in total. The lowest BCUT2D eigenvalue weighted by Crippen LogP contribution is -2.61. The van der Waals surface area contributed by atoms with Crippen LogP contribution >= 0.6 is 0 Å². The van der Waals surface area contributed by atoms with E-state index in [9.17, 15) is 75.0 Å². The monoisotopic (exact) mass is 1730 g/mol. The summed E-state index contributed by atoms with van der Waals surface area (Å²) in [5.74, 6) is -2.02. The van der Waals surface area contributed by atoms with Crippen LogP contribution in [0, 0.1) is 63.6 Å². The maximum atomic E-state index is 12.4. The minimum absolute atomic E-state index is 0. The highest BCUT2D eigenvalue weighted by Gasteiger charge is 2.67. The average Bonchev–Trinajstić information content (AvgIpc) is 1.39. The van der Waals surface area contributed by atoms with Gasteiger partial charge in [0.2, 0.25) is 0 Å². The summed E-state index contributed by atoms with van der Waals surface area (Å²) < 4.78 is 111. The van der Waals surface area contributed by atoms with Gasteiger partial charge in [-0.3, -0.25) is 41.9 Å². The van der Waals surface area contributed by atoms with Crippen LogP contribution in [-0.2, 0) is 124 Å². The van der Waals surface area contributed by atoms with E-state index in [2.05, 4.69) is 26.7 Å². The van der Waals surface area contributed by atoms with E-state index in [4.69, 9.17) is 55.7 Å². The topological polar surface area (TPSA) is 390 Å². The molecule has 16 rings (SSSR count). The number of rotatable bonds is 27. The highest BCUT2D eigenvalue weighted by Crippen LogP contribution is 2.62. The van der Waals surface area contributed by atoms with Crippen LogP contribution in [-0.4, -0.2) is 182 Å². The van der Waals surface area contributed by atoms with E-state index in [1.54, 1.807) is 27.7 Å². The third kappa shape index (κ3) is 25.3. The van der Waals surface area contributed by atoms with E-state index in [-0.39, 0.29) is 148 Å². The lowest BCUT2D eigenvalue weighted by molar-refractivity contribution is -0.225. The molecule has 0 aromatic heterocycles. The van der Waals surface area contributed by atoms with Crippen LogP contribution in [0.3, 0.4) is 0 Å². The first-order valence-corrected chi connectivity index (χ1v) is 46.0. The largest absolute Gasteiger partial charge is 0.462 e. The van der Waals surface area contributed by atoms with Crippen molar-refractivity contribution in [2.75, 3.05) is 26.4 Å². The summed E-state index contributed by atoms with van der Waals surface area (Å²) in [5, 5.41) is 20.2. The minimum atomic E-state index is -3.56. The summed E-state index contributed by atoms with van der Waals surface area (Å²) in [5.41, 5.74) is -2.41. The number of fused-ring (bicyclic) bond motifs is 2. The second kappa shape index (κ2) is 39.9. The summed E-state index contributed by atoms with van der Waals surface area (Å²) in [6.07, 6.45) is 21.4. The first-order chi connectivity index (χ1) is 54.8. The third-order valence-electron chi connectivity index (χ3n) is 27.5. The second-order valence-corrected chi connectivity index (χ2v) is 42.8. The first-order valence-electron chi connectivity index (χ1n) is 43.1. The van der Waals surface area contributed by atoms with E-state index in [0.717, 1.165) is 89.9 Å². The minimum Gasteiger partial charge on any atom is -0.462 e. The van der Waals surface area contributed by atoms with E-state index < -0.39 is 113 Å². The first kappa shape index (κ1) is 101. The van der Waals surface area contributed by atoms with Gasteiger partial charge in [0, 0.05) is 53.2 Å². The zero-order valence-corrected chi connectivity index (χ0v) is 73.9. The Kier molecular flexibility index (Phi) is 33.5. The van der Waals surface area contributed by atoms with E-state index >= 15 is 0 Å². The van der Waals surface area contributed by atoms with Gasteiger partial charge in [0.05, 0.1) is 63.6 Å². The Bertz CT molecular complexity index is 3940. The number of hydrogen-bond donors (Lipinski definition) is 2. The van der Waals surface area contributed by atoms with Gasteiger partial charge in [-0.25, -0.2) is 14.4 Å². The van der Waals surface area contributed by atoms with Crippen molar-refractivity contribution in [2.45, 2.75) is 379 Å². The molecule has 16 fully saturated rings. The van der Waals surface area contributed by atoms with Gasteiger partial charge in [-0.1, -0.05) is 55.4 Å². The molecule has 12 bridgehead atoms. The molecular formula is C90H142O28S2. The summed E-state index contributed by atoms with van der Waals surface area (Å²) in [6, 6.07) is 0. The summed E-state index contributed by atoms with van der Waals surface area (Å²) in [7, 11) is -7.11. The molecule has 30 heteroatoms. The molecule has 16 aliphatic rings. The van der Waals surface area contributed by atoms with Crippen LogP contribution in [0.15, 0.2) is 36.5 Å². The zero-order valence-electron chi connectivity index (χ0n) is 72.3. The molecule has 682 valence electrons. The highest BCUT2D eigenvalue weighted by molar-refractivity contribution is 7.88. The fourth-order valence-electron chi connectivity index (χ4n) is 20.6. The summed E-state index contributed by atoms with van der Waals surface area (Å²) >= 11 is 0. The Morgan fingerprint density at radius 1 is 0.408 bits per heavy atom. The van der Waals surface area contributed by atoms with Crippen molar-refractivity contribution in [2.24, 2.45) is 63.6 Å². The quantitative estimate of drug-likeness (QED) is 0.0253. The van der Waals surface area contributed by atoms with Gasteiger partial charge in [0.1, 0.15) is 73.2 Å². The van der Waals surface area contributed by atoms with Gasteiger partial charge in [-0.2, -0.15) is 16.8 Å². The highest BCUT2D eigenvalue weighted by atomic mass is 32.2. The Morgan fingerprint density at radius 2 is 0.725 bits per heavy atom. The maximum Gasteiger partial charge on any atom is 0.333 e. The molecule has 2 heterocycles. The van der Waals surface area contributed by atoms with Crippen molar-refractivity contribution in [3.05, 3.63) is 36.5 Å². The average molecular weight is 1740 g/mol. The molecule has 0 spiro atoms. The van der Waals surface area contributed by atoms with Crippen LogP contribution in [0.2, 0.25) is 0 Å². The van der Waals surface area contributed by atoms with Gasteiger partial charge in [-0.15, -0.1) is 0 Å². The van der Waals surface area contributed by atoms with Crippen molar-refractivity contribution in [1.29, 1.82) is 0 Å². The van der Waals surface area contributed by atoms with Crippen molar-refractivity contribution in [3.63, 3.8) is 0 Å². The Hall–Kier alpha value is -6.34. The molecule has 14 unspecified atom stereocenters. The van der Waals surface area contributed by atoms with Gasteiger partial charge in [0.15, 0.2) is 0 Å². The van der Waals surface area contributed by atoms with Crippen LogP contribution in [0.25, 0.3) is 0 Å². The Morgan fingerprint density at radius 3 is 1.08 bits per heavy atom. The molecule has 0 aromatic rings. The maximum absolute atomic E-state index is 12.4. The van der Waals surface area contributed by atoms with Crippen molar-refractivity contribution in [1.82, 2.24) is 0 Å². The Labute approximate surface area is 712 Å². The molecule has 120 heavy (non-hydrogen) atoms. The van der Waals surface area contributed by atoms with Gasteiger partial charge < -0.3 is 57.6 Å². The van der Waals surface area contributed by atoms with E-state index in [0.29, 0.717) is 79.8 Å². The smallest absolute Gasteiger partial charge is 0.333 e. The Balaban J connectivity index is 0.000000203. The molecule has 14 saturated carbocycles. The van der Waals surface area contributed by atoms with Crippen LogP contribution in [0.4, 0.5) is 0 Å². The van der Waals surface area contributed by atoms with Crippen LogP contribution in [0.1, 0.15) is 311 Å². The van der Waals surface area contributed by atoms with Crippen molar-refractivity contribution >= 4 is 79.9 Å². The standard InChI is InChI=1S/C19H28O9S.C17H22O9S.C16H26O3.C14H20O3.C12H22O2.C10H16O2.2CH4/c1-4-19(2,3)18(22)26-8-7-25-14(20)5-6-15(21)27-16-11-9-12-13(10-11)29(23,24)28-17(12)16;1-9(2)17(20)24-6-5-23-13(18)3-4-14(19)25-15-10-7-11-12(8-10)27(21,22)26-16(11)15;1-4-14(2,3)13(17)19-16-8-11-5-12(9-16)7-15(18,6-11)10-16;1-9(2)12(15)17-14-6-10-3-11(7-14)5-13(16,4-10)8-14;1-5-11(2,3)10(13)14-12(4)8-6-7-9-12;1-8(2)9(11)12-10(3)6-4-5-7-10;;/h11-13,16-17H,4-10H2,1-3H3;10-12,15-16H,1,3-8H2,2H3;11-12,18H,4-10H2,1-3H3;10-11,16H,1,3-8H2,2H3;5-9H2,1-4H3;1,4-7H2,2-3H3;2*1H4. The van der Waals surface area contributed by atoms with Crippen molar-refractivity contribution < 1.29 is 131 Å².